The average molecular weight is 262 g/mol. The van der Waals surface area contributed by atoms with E-state index in [2.05, 4.69) is 43.2 Å². The Morgan fingerprint density at radius 2 is 2.00 bits per heavy atom. The predicted octanol–water partition coefficient (Wildman–Crippen LogP) is 2.75. The molecule has 1 N–H and O–H groups in total. The Bertz CT molecular complexity index is 452. The van der Waals surface area contributed by atoms with Gasteiger partial charge < -0.3 is 15.0 Å². The van der Waals surface area contributed by atoms with E-state index in [0.717, 1.165) is 18.8 Å². The zero-order chi connectivity index (χ0) is 14.0. The lowest BCUT2D eigenvalue weighted by molar-refractivity contribution is 0.409. The molecule has 0 spiro atoms. The molecule has 3 nitrogen and oxygen atoms in total. The second-order valence-electron chi connectivity index (χ2n) is 6.02. The Morgan fingerprint density at radius 1 is 1.32 bits per heavy atom. The molecule has 0 saturated heterocycles. The highest BCUT2D eigenvalue weighted by atomic mass is 16.5. The molecule has 2 rings (SSSR count). The van der Waals surface area contributed by atoms with E-state index < -0.39 is 0 Å². The first-order valence-electron chi connectivity index (χ1n) is 7.02. The van der Waals surface area contributed by atoms with E-state index in [1.807, 2.05) is 7.05 Å². The van der Waals surface area contributed by atoms with Gasteiger partial charge >= 0.3 is 0 Å². The molecule has 0 aliphatic heterocycles. The average Bonchev–Trinajstić information content (AvgIpc) is 3.08. The molecular weight excluding hydrogens is 236 g/mol. The third kappa shape index (κ3) is 3.03. The Kier molecular flexibility index (Phi) is 4.04. The van der Waals surface area contributed by atoms with Crippen molar-refractivity contribution in [1.29, 1.82) is 0 Å². The highest BCUT2D eigenvalue weighted by Gasteiger charge is 2.43. The van der Waals surface area contributed by atoms with E-state index in [1.54, 1.807) is 7.11 Å². The van der Waals surface area contributed by atoms with Crippen LogP contribution in [0.25, 0.3) is 0 Å². The number of nitrogens with zero attached hydrogens (tertiary/aromatic N) is 1. The van der Waals surface area contributed by atoms with Crippen LogP contribution >= 0.6 is 0 Å². The Hall–Kier alpha value is -1.22. The van der Waals surface area contributed by atoms with E-state index in [-0.39, 0.29) is 0 Å². The standard InChI is InChI=1S/C16H26N2O/c1-12-8-13(2)15(19-5)14(9-12)18(4)11-16(6-7-16)10-17-3/h8-9,17H,6-7,10-11H2,1-5H3. The minimum Gasteiger partial charge on any atom is -0.494 e. The van der Waals surface area contributed by atoms with Gasteiger partial charge in [-0.05, 0) is 50.9 Å². The molecule has 0 aromatic heterocycles. The third-order valence-corrected chi connectivity index (χ3v) is 4.10. The van der Waals surface area contributed by atoms with Gasteiger partial charge in [-0.1, -0.05) is 6.07 Å². The van der Waals surface area contributed by atoms with E-state index in [1.165, 1.54) is 29.7 Å². The van der Waals surface area contributed by atoms with E-state index in [4.69, 9.17) is 4.74 Å². The first-order valence-corrected chi connectivity index (χ1v) is 7.02. The molecule has 0 atom stereocenters. The minimum atomic E-state index is 0.464. The van der Waals surface area contributed by atoms with Gasteiger partial charge in [-0.15, -0.1) is 0 Å². The number of hydrogen-bond acceptors (Lipinski definition) is 3. The summed E-state index contributed by atoms with van der Waals surface area (Å²) < 4.78 is 5.59. The topological polar surface area (TPSA) is 24.5 Å². The molecule has 19 heavy (non-hydrogen) atoms. The molecule has 0 unspecified atom stereocenters. The summed E-state index contributed by atoms with van der Waals surface area (Å²) in [6.07, 6.45) is 2.65. The van der Waals surface area contributed by atoms with Crippen molar-refractivity contribution in [2.24, 2.45) is 5.41 Å². The van der Waals surface area contributed by atoms with Crippen LogP contribution in [0.3, 0.4) is 0 Å². The van der Waals surface area contributed by atoms with Crippen molar-refractivity contribution in [3.8, 4) is 5.75 Å². The number of anilines is 1. The van der Waals surface area contributed by atoms with Crippen molar-refractivity contribution in [2.75, 3.05) is 39.2 Å². The van der Waals surface area contributed by atoms with E-state index in [0.29, 0.717) is 5.41 Å². The molecule has 1 saturated carbocycles. The van der Waals surface area contributed by atoms with Crippen molar-refractivity contribution in [1.82, 2.24) is 5.32 Å². The smallest absolute Gasteiger partial charge is 0.145 e. The third-order valence-electron chi connectivity index (χ3n) is 4.10. The van der Waals surface area contributed by atoms with Gasteiger partial charge in [0.25, 0.3) is 0 Å². The first-order chi connectivity index (χ1) is 9.01. The second kappa shape index (κ2) is 5.41. The molecule has 0 radical (unpaired) electrons. The van der Waals surface area contributed by atoms with Crippen molar-refractivity contribution in [3.05, 3.63) is 23.3 Å². The summed E-state index contributed by atoms with van der Waals surface area (Å²) in [5.41, 5.74) is 4.18. The largest absolute Gasteiger partial charge is 0.494 e. The Morgan fingerprint density at radius 3 is 2.53 bits per heavy atom. The fourth-order valence-corrected chi connectivity index (χ4v) is 3.01. The molecule has 1 aromatic rings. The van der Waals surface area contributed by atoms with Gasteiger partial charge in [-0.3, -0.25) is 0 Å². The molecule has 1 aliphatic carbocycles. The van der Waals surface area contributed by atoms with Gasteiger partial charge in [0.15, 0.2) is 0 Å². The summed E-state index contributed by atoms with van der Waals surface area (Å²) in [5, 5.41) is 3.32. The summed E-state index contributed by atoms with van der Waals surface area (Å²) in [6.45, 7) is 6.45. The molecule has 106 valence electrons. The number of methoxy groups -OCH3 is 1. The van der Waals surface area contributed by atoms with Gasteiger partial charge in [0.1, 0.15) is 5.75 Å². The molecule has 1 aliphatic rings. The number of hydrogen-bond donors (Lipinski definition) is 1. The second-order valence-corrected chi connectivity index (χ2v) is 6.02. The molecule has 1 fully saturated rings. The van der Waals surface area contributed by atoms with Crippen molar-refractivity contribution in [3.63, 3.8) is 0 Å². The van der Waals surface area contributed by atoms with Crippen molar-refractivity contribution in [2.45, 2.75) is 26.7 Å². The molecule has 0 heterocycles. The fourth-order valence-electron chi connectivity index (χ4n) is 3.01. The highest BCUT2D eigenvalue weighted by molar-refractivity contribution is 5.63. The van der Waals surface area contributed by atoms with Gasteiger partial charge in [0, 0.05) is 25.6 Å². The summed E-state index contributed by atoms with van der Waals surface area (Å²) >= 11 is 0. The fraction of sp³-hybridized carbons (Fsp3) is 0.625. The van der Waals surface area contributed by atoms with E-state index >= 15 is 0 Å². The SMILES string of the molecule is CNCC1(CN(C)c2cc(C)cc(C)c2OC)CC1. The molecule has 0 bridgehead atoms. The van der Waals surface area contributed by atoms with Crippen LogP contribution < -0.4 is 15.0 Å². The minimum absolute atomic E-state index is 0.464. The molecule has 3 heteroatoms. The van der Waals surface area contributed by atoms with Crippen LogP contribution in [0.4, 0.5) is 5.69 Å². The maximum absolute atomic E-state index is 5.59. The van der Waals surface area contributed by atoms with Crippen LogP contribution in [0, 0.1) is 19.3 Å². The first kappa shape index (κ1) is 14.2. The van der Waals surface area contributed by atoms with Crippen LogP contribution in [0.2, 0.25) is 0 Å². The van der Waals surface area contributed by atoms with Crippen LogP contribution in [0.15, 0.2) is 12.1 Å². The molecule has 0 amide bonds. The van der Waals surface area contributed by atoms with Crippen LogP contribution in [-0.4, -0.2) is 34.3 Å². The summed E-state index contributed by atoms with van der Waals surface area (Å²) in [4.78, 5) is 2.35. The van der Waals surface area contributed by atoms with Crippen LogP contribution in [-0.2, 0) is 0 Å². The Labute approximate surface area is 116 Å². The number of aryl methyl sites for hydroxylation is 2. The lowest BCUT2D eigenvalue weighted by atomic mass is 10.0. The van der Waals surface area contributed by atoms with Crippen LogP contribution in [0.5, 0.6) is 5.75 Å². The predicted molar refractivity (Wildman–Crippen MR) is 81.3 cm³/mol. The van der Waals surface area contributed by atoms with Gasteiger partial charge in [0.05, 0.1) is 12.8 Å². The lowest BCUT2D eigenvalue weighted by Gasteiger charge is -2.28. The molecule has 1 aromatic carbocycles. The number of ether oxygens (including phenoxy) is 1. The lowest BCUT2D eigenvalue weighted by Crippen LogP contribution is -2.33. The summed E-state index contributed by atoms with van der Waals surface area (Å²) in [5.74, 6) is 1.01. The van der Waals surface area contributed by atoms with Crippen molar-refractivity contribution < 1.29 is 4.74 Å². The normalized spacial score (nSPS) is 16.3. The van der Waals surface area contributed by atoms with Gasteiger partial charge in [-0.25, -0.2) is 0 Å². The van der Waals surface area contributed by atoms with Gasteiger partial charge in [-0.2, -0.15) is 0 Å². The summed E-state index contributed by atoms with van der Waals surface area (Å²) in [6, 6.07) is 4.40. The monoisotopic (exact) mass is 262 g/mol. The number of rotatable bonds is 6. The van der Waals surface area contributed by atoms with E-state index in [9.17, 15) is 0 Å². The highest BCUT2D eigenvalue weighted by Crippen LogP contribution is 2.46. The Balaban J connectivity index is 2.21. The maximum Gasteiger partial charge on any atom is 0.145 e. The van der Waals surface area contributed by atoms with Crippen LogP contribution in [0.1, 0.15) is 24.0 Å². The van der Waals surface area contributed by atoms with Gasteiger partial charge in [0.2, 0.25) is 0 Å². The quantitative estimate of drug-likeness (QED) is 0.853. The maximum atomic E-state index is 5.59. The van der Waals surface area contributed by atoms with Crippen molar-refractivity contribution >= 4 is 5.69 Å². The number of nitrogens with one attached hydrogen (secondary N) is 1. The zero-order valence-corrected chi connectivity index (χ0v) is 12.8. The molecular formula is C16H26N2O. The zero-order valence-electron chi connectivity index (χ0n) is 12.8. The summed E-state index contributed by atoms with van der Waals surface area (Å²) in [7, 11) is 5.97. The number of benzene rings is 1.